The average Bonchev–Trinajstić information content (AvgIpc) is 3.16. The van der Waals surface area contributed by atoms with Gasteiger partial charge in [0.15, 0.2) is 0 Å². The van der Waals surface area contributed by atoms with Crippen LogP contribution in [0.25, 0.3) is 16.9 Å². The molecule has 6 nitrogen and oxygen atoms in total. The van der Waals surface area contributed by atoms with Crippen LogP contribution in [0.3, 0.4) is 0 Å². The van der Waals surface area contributed by atoms with Gasteiger partial charge in [-0.05, 0) is 42.7 Å². The maximum absolute atomic E-state index is 11.6. The van der Waals surface area contributed by atoms with E-state index >= 15 is 0 Å². The molecule has 0 bridgehead atoms. The molecule has 0 aliphatic rings. The van der Waals surface area contributed by atoms with Crippen molar-refractivity contribution in [1.29, 1.82) is 0 Å². The second kappa shape index (κ2) is 7.84. The van der Waals surface area contributed by atoms with E-state index in [2.05, 4.69) is 39.0 Å². The quantitative estimate of drug-likeness (QED) is 0.526. The first-order valence-electron chi connectivity index (χ1n) is 8.99. The number of imidazole rings is 1. The fourth-order valence-corrected chi connectivity index (χ4v) is 3.03. The molecular weight excluding hydrogens is 350 g/mol. The molecule has 0 fully saturated rings. The van der Waals surface area contributed by atoms with Crippen molar-refractivity contribution in [2.24, 2.45) is 0 Å². The molecule has 0 unspecified atom stereocenters. The number of amides is 1. The van der Waals surface area contributed by atoms with Gasteiger partial charge in [-0.25, -0.2) is 15.0 Å². The van der Waals surface area contributed by atoms with Crippen LogP contribution in [0, 0.1) is 0 Å². The predicted molar refractivity (Wildman–Crippen MR) is 109 cm³/mol. The van der Waals surface area contributed by atoms with E-state index in [1.807, 2.05) is 47.0 Å². The van der Waals surface area contributed by atoms with Crippen LogP contribution >= 0.6 is 0 Å². The second-order valence-electron chi connectivity index (χ2n) is 6.36. The summed E-state index contributed by atoms with van der Waals surface area (Å²) in [6.45, 7) is 3.48. The van der Waals surface area contributed by atoms with E-state index in [-0.39, 0.29) is 5.91 Å². The zero-order valence-electron chi connectivity index (χ0n) is 15.2. The van der Waals surface area contributed by atoms with Crippen molar-refractivity contribution in [3.05, 3.63) is 91.2 Å². The Bertz CT molecular complexity index is 1130. The number of carbonyl (C=O) groups is 1. The molecule has 1 N–H and O–H groups in total. The lowest BCUT2D eigenvalue weighted by Gasteiger charge is -2.07. The Morgan fingerprint density at radius 3 is 2.71 bits per heavy atom. The Labute approximate surface area is 162 Å². The van der Waals surface area contributed by atoms with Crippen molar-refractivity contribution in [2.45, 2.75) is 12.8 Å². The van der Waals surface area contributed by atoms with Crippen LogP contribution < -0.4 is 5.32 Å². The summed E-state index contributed by atoms with van der Waals surface area (Å²) < 4.78 is 1.90. The summed E-state index contributed by atoms with van der Waals surface area (Å²) in [4.78, 5) is 24.8. The van der Waals surface area contributed by atoms with Gasteiger partial charge >= 0.3 is 0 Å². The summed E-state index contributed by atoms with van der Waals surface area (Å²) in [6.07, 6.45) is 6.29. The molecule has 0 saturated carbocycles. The Balaban J connectivity index is 1.61. The SMILES string of the molecule is C=CC(=O)Nc1ccc2ncn(-c3cc(CCc4ccccc4)ncn3)c2c1. The fourth-order valence-electron chi connectivity index (χ4n) is 3.03. The van der Waals surface area contributed by atoms with E-state index in [0.717, 1.165) is 35.4 Å². The summed E-state index contributed by atoms with van der Waals surface area (Å²) in [5.41, 5.74) is 4.60. The number of hydrogen-bond acceptors (Lipinski definition) is 4. The number of hydrogen-bond donors (Lipinski definition) is 1. The molecular formula is C22H19N5O. The van der Waals surface area contributed by atoms with Crippen LogP contribution in [0.4, 0.5) is 5.69 Å². The Morgan fingerprint density at radius 2 is 1.89 bits per heavy atom. The van der Waals surface area contributed by atoms with Gasteiger partial charge in [0, 0.05) is 17.4 Å². The van der Waals surface area contributed by atoms with Crippen LogP contribution in [0.15, 0.2) is 79.9 Å². The molecule has 0 spiro atoms. The third kappa shape index (κ3) is 3.81. The molecule has 0 saturated heterocycles. The molecule has 2 aromatic heterocycles. The number of nitrogens with zero attached hydrogens (tertiary/aromatic N) is 4. The van der Waals surface area contributed by atoms with Crippen LogP contribution in [0.1, 0.15) is 11.3 Å². The van der Waals surface area contributed by atoms with Gasteiger partial charge in [-0.3, -0.25) is 9.36 Å². The maximum atomic E-state index is 11.6. The van der Waals surface area contributed by atoms with Gasteiger partial charge in [-0.2, -0.15) is 0 Å². The van der Waals surface area contributed by atoms with E-state index < -0.39 is 0 Å². The minimum absolute atomic E-state index is 0.254. The third-order valence-corrected chi connectivity index (χ3v) is 4.47. The van der Waals surface area contributed by atoms with Crippen LogP contribution in [0.5, 0.6) is 0 Å². The largest absolute Gasteiger partial charge is 0.322 e. The van der Waals surface area contributed by atoms with Crippen molar-refractivity contribution in [3.63, 3.8) is 0 Å². The Hall–Kier alpha value is -3.80. The van der Waals surface area contributed by atoms with Crippen molar-refractivity contribution < 1.29 is 4.79 Å². The lowest BCUT2D eigenvalue weighted by molar-refractivity contribution is -0.111. The number of fused-ring (bicyclic) bond motifs is 1. The minimum Gasteiger partial charge on any atom is -0.322 e. The lowest BCUT2D eigenvalue weighted by atomic mass is 10.1. The van der Waals surface area contributed by atoms with Crippen molar-refractivity contribution in [2.75, 3.05) is 5.32 Å². The number of anilines is 1. The molecule has 2 heterocycles. The molecule has 0 aliphatic carbocycles. The summed E-state index contributed by atoms with van der Waals surface area (Å²) in [5.74, 6) is 0.489. The van der Waals surface area contributed by atoms with E-state index in [1.165, 1.54) is 11.6 Å². The van der Waals surface area contributed by atoms with Crippen LogP contribution in [0.2, 0.25) is 0 Å². The molecule has 138 valence electrons. The third-order valence-electron chi connectivity index (χ3n) is 4.47. The topological polar surface area (TPSA) is 72.7 Å². The van der Waals surface area contributed by atoms with E-state index in [0.29, 0.717) is 5.69 Å². The molecule has 28 heavy (non-hydrogen) atoms. The number of carbonyl (C=O) groups excluding carboxylic acids is 1. The van der Waals surface area contributed by atoms with Gasteiger partial charge < -0.3 is 5.32 Å². The van der Waals surface area contributed by atoms with Gasteiger partial charge in [-0.15, -0.1) is 0 Å². The molecule has 0 atom stereocenters. The van der Waals surface area contributed by atoms with Gasteiger partial charge in [0.25, 0.3) is 0 Å². The van der Waals surface area contributed by atoms with Gasteiger partial charge in [0.1, 0.15) is 18.5 Å². The minimum atomic E-state index is -0.254. The van der Waals surface area contributed by atoms with Gasteiger partial charge in [-0.1, -0.05) is 36.9 Å². The highest BCUT2D eigenvalue weighted by atomic mass is 16.1. The smallest absolute Gasteiger partial charge is 0.247 e. The molecule has 4 aromatic rings. The van der Waals surface area contributed by atoms with Crippen LogP contribution in [-0.2, 0) is 17.6 Å². The molecule has 1 amide bonds. The fraction of sp³-hybridized carbons (Fsp3) is 0.0909. The van der Waals surface area contributed by atoms with E-state index in [1.54, 1.807) is 12.7 Å². The zero-order chi connectivity index (χ0) is 19.3. The monoisotopic (exact) mass is 369 g/mol. The number of aryl methyl sites for hydroxylation is 2. The average molecular weight is 369 g/mol. The molecule has 2 aromatic carbocycles. The molecule has 0 aliphatic heterocycles. The molecule has 0 radical (unpaired) electrons. The zero-order valence-corrected chi connectivity index (χ0v) is 15.2. The number of nitrogens with one attached hydrogen (secondary N) is 1. The molecule has 4 rings (SSSR count). The first-order chi connectivity index (χ1) is 13.7. The summed E-state index contributed by atoms with van der Waals surface area (Å²) in [6, 6.07) is 17.8. The molecule has 6 heteroatoms. The van der Waals surface area contributed by atoms with Crippen molar-refractivity contribution in [1.82, 2.24) is 19.5 Å². The lowest BCUT2D eigenvalue weighted by Crippen LogP contribution is -2.07. The second-order valence-corrected chi connectivity index (χ2v) is 6.36. The Kier molecular flexibility index (Phi) is 4.93. The van der Waals surface area contributed by atoms with Gasteiger partial charge in [0.05, 0.1) is 11.0 Å². The maximum Gasteiger partial charge on any atom is 0.247 e. The normalized spacial score (nSPS) is 10.7. The van der Waals surface area contributed by atoms with E-state index in [9.17, 15) is 4.79 Å². The highest BCUT2D eigenvalue weighted by Gasteiger charge is 2.09. The first-order valence-corrected chi connectivity index (χ1v) is 8.99. The number of benzene rings is 2. The van der Waals surface area contributed by atoms with Crippen molar-refractivity contribution in [3.8, 4) is 5.82 Å². The predicted octanol–water partition coefficient (Wildman–Crippen LogP) is 3.73. The van der Waals surface area contributed by atoms with Crippen molar-refractivity contribution >= 4 is 22.6 Å². The summed E-state index contributed by atoms with van der Waals surface area (Å²) in [5, 5.41) is 2.77. The summed E-state index contributed by atoms with van der Waals surface area (Å²) >= 11 is 0. The summed E-state index contributed by atoms with van der Waals surface area (Å²) in [7, 11) is 0. The van der Waals surface area contributed by atoms with Crippen LogP contribution in [-0.4, -0.2) is 25.4 Å². The number of rotatable bonds is 6. The highest BCUT2D eigenvalue weighted by molar-refractivity contribution is 6.00. The first kappa shape index (κ1) is 17.6. The van der Waals surface area contributed by atoms with Gasteiger partial charge in [0.2, 0.25) is 5.91 Å². The number of aromatic nitrogens is 4. The highest BCUT2D eigenvalue weighted by Crippen LogP contribution is 2.21. The van der Waals surface area contributed by atoms with E-state index in [4.69, 9.17) is 0 Å². The Morgan fingerprint density at radius 1 is 1.04 bits per heavy atom. The standard InChI is InChI=1S/C22H19N5O/c1-2-22(28)26-18-10-11-19-20(12-18)27(15-25-19)21-13-17(23-14-24-21)9-8-16-6-4-3-5-7-16/h2-7,10-15H,1,8-9H2,(H,26,28).